The maximum absolute atomic E-state index is 9.54. The normalized spacial score (nSPS) is 12.0. The second kappa shape index (κ2) is 7.93. The molecule has 2 heterocycles. The van der Waals surface area contributed by atoms with Crippen LogP contribution in [0.1, 0.15) is 18.0 Å². The van der Waals surface area contributed by atoms with Crippen molar-refractivity contribution >= 4 is 16.7 Å². The van der Waals surface area contributed by atoms with Crippen molar-refractivity contribution in [3.8, 4) is 11.4 Å². The number of hydrogen-bond donors (Lipinski definition) is 2. The van der Waals surface area contributed by atoms with Gasteiger partial charge in [0.2, 0.25) is 0 Å². The van der Waals surface area contributed by atoms with Crippen LogP contribution in [0.5, 0.6) is 0 Å². The van der Waals surface area contributed by atoms with Gasteiger partial charge in [-0.25, -0.2) is 9.97 Å². The van der Waals surface area contributed by atoms with E-state index in [1.165, 1.54) is 0 Å². The highest BCUT2D eigenvalue weighted by Gasteiger charge is 2.15. The summed E-state index contributed by atoms with van der Waals surface area (Å²) in [6.45, 7) is 0.0883. The molecular weight excluding hydrogens is 336 g/mol. The Morgan fingerprint density at radius 2 is 1.70 bits per heavy atom. The largest absolute Gasteiger partial charge is 0.396 e. The van der Waals surface area contributed by atoms with Gasteiger partial charge in [0.15, 0.2) is 5.82 Å². The van der Waals surface area contributed by atoms with Gasteiger partial charge in [-0.1, -0.05) is 42.5 Å². The lowest BCUT2D eigenvalue weighted by atomic mass is 10.0. The molecule has 0 fully saturated rings. The Morgan fingerprint density at radius 1 is 0.889 bits per heavy atom. The Kier molecular flexibility index (Phi) is 5.03. The summed E-state index contributed by atoms with van der Waals surface area (Å²) >= 11 is 0. The lowest BCUT2D eigenvalue weighted by Gasteiger charge is -2.20. The third kappa shape index (κ3) is 3.78. The summed E-state index contributed by atoms with van der Waals surface area (Å²) in [4.78, 5) is 13.6. The molecule has 5 heteroatoms. The first-order chi connectivity index (χ1) is 13.3. The minimum Gasteiger partial charge on any atom is -0.396 e. The summed E-state index contributed by atoms with van der Waals surface area (Å²) in [6.07, 6.45) is 4.08. The third-order valence-corrected chi connectivity index (χ3v) is 4.45. The molecule has 0 spiro atoms. The summed E-state index contributed by atoms with van der Waals surface area (Å²) < 4.78 is 0. The lowest BCUT2D eigenvalue weighted by molar-refractivity contribution is 0.280. The predicted molar refractivity (Wildman–Crippen MR) is 107 cm³/mol. The van der Waals surface area contributed by atoms with Crippen LogP contribution in [0.3, 0.4) is 0 Å². The van der Waals surface area contributed by atoms with E-state index in [2.05, 4.69) is 22.4 Å². The number of benzene rings is 2. The first kappa shape index (κ1) is 17.1. The van der Waals surface area contributed by atoms with Crippen LogP contribution >= 0.6 is 0 Å². The van der Waals surface area contributed by atoms with Crippen molar-refractivity contribution in [3.05, 3.63) is 84.7 Å². The molecule has 2 aromatic carbocycles. The molecule has 0 amide bonds. The topological polar surface area (TPSA) is 70.9 Å². The SMILES string of the molecule is OCC[C@@H](Nc1nc(-c2cccnc2)nc2ccccc12)c1ccccc1. The molecule has 5 nitrogen and oxygen atoms in total. The number of pyridine rings is 1. The molecule has 134 valence electrons. The van der Waals surface area contributed by atoms with Crippen LogP contribution < -0.4 is 5.32 Å². The number of aromatic nitrogens is 3. The van der Waals surface area contributed by atoms with Crippen molar-refractivity contribution in [2.75, 3.05) is 11.9 Å². The highest BCUT2D eigenvalue weighted by molar-refractivity contribution is 5.90. The van der Waals surface area contributed by atoms with E-state index in [9.17, 15) is 5.11 Å². The average molecular weight is 356 g/mol. The fraction of sp³-hybridized carbons (Fsp3) is 0.136. The van der Waals surface area contributed by atoms with Gasteiger partial charge in [-0.05, 0) is 36.2 Å². The molecule has 0 aliphatic heterocycles. The van der Waals surface area contributed by atoms with E-state index in [4.69, 9.17) is 9.97 Å². The van der Waals surface area contributed by atoms with Crippen LogP contribution in [0.2, 0.25) is 0 Å². The van der Waals surface area contributed by atoms with Crippen LogP contribution in [0.4, 0.5) is 5.82 Å². The van der Waals surface area contributed by atoms with Crippen molar-refractivity contribution < 1.29 is 5.11 Å². The molecule has 0 radical (unpaired) electrons. The molecule has 0 saturated heterocycles. The van der Waals surface area contributed by atoms with Crippen LogP contribution in [0.25, 0.3) is 22.3 Å². The van der Waals surface area contributed by atoms with Gasteiger partial charge in [0.05, 0.1) is 11.6 Å². The van der Waals surface area contributed by atoms with Crippen molar-refractivity contribution in [2.24, 2.45) is 0 Å². The molecule has 27 heavy (non-hydrogen) atoms. The van der Waals surface area contributed by atoms with Gasteiger partial charge < -0.3 is 10.4 Å². The van der Waals surface area contributed by atoms with Crippen molar-refractivity contribution in [2.45, 2.75) is 12.5 Å². The van der Waals surface area contributed by atoms with E-state index in [1.54, 1.807) is 12.4 Å². The Balaban J connectivity index is 1.79. The van der Waals surface area contributed by atoms with Crippen molar-refractivity contribution in [1.82, 2.24) is 15.0 Å². The molecule has 0 saturated carbocycles. The number of aliphatic hydroxyl groups excluding tert-OH is 1. The monoisotopic (exact) mass is 356 g/mol. The highest BCUT2D eigenvalue weighted by Crippen LogP contribution is 2.28. The molecule has 0 unspecified atom stereocenters. The molecule has 2 N–H and O–H groups in total. The summed E-state index contributed by atoms with van der Waals surface area (Å²) in [5.41, 5.74) is 2.84. The van der Waals surface area contributed by atoms with Gasteiger partial charge in [0.25, 0.3) is 0 Å². The number of para-hydroxylation sites is 1. The molecule has 1 atom stereocenters. The summed E-state index contributed by atoms with van der Waals surface area (Å²) in [5, 5.41) is 14.0. The van der Waals surface area contributed by atoms with E-state index in [0.717, 1.165) is 27.8 Å². The summed E-state index contributed by atoms with van der Waals surface area (Å²) in [7, 11) is 0. The Hall–Kier alpha value is -3.31. The predicted octanol–water partition coefficient (Wildman–Crippen LogP) is 4.23. The van der Waals surface area contributed by atoms with Crippen LogP contribution in [-0.2, 0) is 0 Å². The smallest absolute Gasteiger partial charge is 0.163 e. The number of nitrogens with one attached hydrogen (secondary N) is 1. The molecule has 2 aromatic heterocycles. The first-order valence-electron chi connectivity index (χ1n) is 8.94. The number of rotatable bonds is 6. The van der Waals surface area contributed by atoms with Gasteiger partial charge in [-0.15, -0.1) is 0 Å². The lowest BCUT2D eigenvalue weighted by Crippen LogP contribution is -2.14. The van der Waals surface area contributed by atoms with E-state index < -0.39 is 0 Å². The van der Waals surface area contributed by atoms with Crippen LogP contribution in [-0.4, -0.2) is 26.7 Å². The average Bonchev–Trinajstić information content (AvgIpc) is 2.74. The number of anilines is 1. The maximum atomic E-state index is 9.54. The zero-order valence-electron chi connectivity index (χ0n) is 14.8. The van der Waals surface area contributed by atoms with Gasteiger partial charge in [0.1, 0.15) is 5.82 Å². The summed E-state index contributed by atoms with van der Waals surface area (Å²) in [6, 6.07) is 21.8. The molecule has 4 rings (SSSR count). The quantitative estimate of drug-likeness (QED) is 0.541. The molecule has 0 aliphatic carbocycles. The minimum atomic E-state index is -0.0451. The van der Waals surface area contributed by atoms with E-state index in [1.807, 2.05) is 54.6 Å². The van der Waals surface area contributed by atoms with Crippen molar-refractivity contribution in [3.63, 3.8) is 0 Å². The standard InChI is InChI=1S/C22H20N4O/c27-14-12-19(16-7-2-1-3-8-16)24-22-18-10-4-5-11-20(18)25-21(26-22)17-9-6-13-23-15-17/h1-11,13,15,19,27H,12,14H2,(H,24,25,26)/t19-/m1/s1. The number of hydrogen-bond acceptors (Lipinski definition) is 5. The molecule has 4 aromatic rings. The fourth-order valence-corrected chi connectivity index (χ4v) is 3.11. The van der Waals surface area contributed by atoms with Gasteiger partial charge in [-0.2, -0.15) is 0 Å². The van der Waals surface area contributed by atoms with Gasteiger partial charge in [0, 0.05) is 30.0 Å². The second-order valence-corrected chi connectivity index (χ2v) is 6.27. The maximum Gasteiger partial charge on any atom is 0.163 e. The van der Waals surface area contributed by atoms with Crippen molar-refractivity contribution in [1.29, 1.82) is 0 Å². The minimum absolute atomic E-state index is 0.0451. The Bertz CT molecular complexity index is 1020. The van der Waals surface area contributed by atoms with Gasteiger partial charge >= 0.3 is 0 Å². The highest BCUT2D eigenvalue weighted by atomic mass is 16.3. The van der Waals surface area contributed by atoms with Crippen LogP contribution in [0.15, 0.2) is 79.1 Å². The van der Waals surface area contributed by atoms with Crippen LogP contribution in [0, 0.1) is 0 Å². The second-order valence-electron chi connectivity index (χ2n) is 6.27. The third-order valence-electron chi connectivity index (χ3n) is 4.45. The molecule has 0 aliphatic rings. The van der Waals surface area contributed by atoms with E-state index >= 15 is 0 Å². The number of nitrogens with zero attached hydrogens (tertiary/aromatic N) is 3. The Morgan fingerprint density at radius 3 is 2.48 bits per heavy atom. The number of fused-ring (bicyclic) bond motifs is 1. The zero-order valence-corrected chi connectivity index (χ0v) is 14.8. The van der Waals surface area contributed by atoms with Gasteiger partial charge in [-0.3, -0.25) is 4.98 Å². The molecular formula is C22H20N4O. The summed E-state index contributed by atoms with van der Waals surface area (Å²) in [5.74, 6) is 1.38. The molecule has 0 bridgehead atoms. The van der Waals surface area contributed by atoms with E-state index in [-0.39, 0.29) is 12.6 Å². The van der Waals surface area contributed by atoms with E-state index in [0.29, 0.717) is 12.2 Å². The zero-order chi connectivity index (χ0) is 18.5. The Labute approximate surface area is 157 Å². The number of aliphatic hydroxyl groups is 1. The fourth-order valence-electron chi connectivity index (χ4n) is 3.11. The first-order valence-corrected chi connectivity index (χ1v) is 8.94.